The third-order valence-corrected chi connectivity index (χ3v) is 3.87. The highest BCUT2D eigenvalue weighted by atomic mass is 16.5. The van der Waals surface area contributed by atoms with Gasteiger partial charge in [0.1, 0.15) is 5.75 Å². The molecular weight excluding hydrogens is 266 g/mol. The van der Waals surface area contributed by atoms with E-state index in [2.05, 4.69) is 0 Å². The fourth-order valence-corrected chi connectivity index (χ4v) is 2.76. The zero-order valence-electron chi connectivity index (χ0n) is 12.5. The molecule has 1 saturated heterocycles. The first kappa shape index (κ1) is 15.6. The van der Waals surface area contributed by atoms with Crippen LogP contribution >= 0.6 is 0 Å². The van der Waals surface area contributed by atoms with Crippen molar-refractivity contribution in [1.29, 1.82) is 0 Å². The van der Waals surface area contributed by atoms with Crippen LogP contribution in [-0.2, 0) is 4.79 Å². The number of nitrogens with zero attached hydrogens (tertiary/aromatic N) is 1. The molecule has 0 radical (unpaired) electrons. The largest absolute Gasteiger partial charge is 0.497 e. The Balaban J connectivity index is 1.97. The highest BCUT2D eigenvalue weighted by Gasteiger charge is 2.26. The second kappa shape index (κ2) is 7.84. The van der Waals surface area contributed by atoms with E-state index < -0.39 is 0 Å². The van der Waals surface area contributed by atoms with Crippen LogP contribution < -0.4 is 4.74 Å². The third kappa shape index (κ3) is 4.33. The van der Waals surface area contributed by atoms with E-state index in [1.807, 2.05) is 35.2 Å². The van der Waals surface area contributed by atoms with Crippen LogP contribution in [0.1, 0.15) is 31.2 Å². The summed E-state index contributed by atoms with van der Waals surface area (Å²) in [5, 5.41) is 8.92. The summed E-state index contributed by atoms with van der Waals surface area (Å²) in [4.78, 5) is 14.2. The molecule has 1 atom stereocenters. The number of likely N-dealkylation sites (tertiary alicyclic amines) is 1. The summed E-state index contributed by atoms with van der Waals surface area (Å²) in [7, 11) is 1.63. The van der Waals surface area contributed by atoms with Gasteiger partial charge in [0.15, 0.2) is 0 Å². The lowest BCUT2D eigenvalue weighted by Crippen LogP contribution is -2.34. The fourth-order valence-electron chi connectivity index (χ4n) is 2.76. The minimum Gasteiger partial charge on any atom is -0.497 e. The molecule has 1 fully saturated rings. The Morgan fingerprint density at radius 3 is 3.14 bits per heavy atom. The molecule has 1 aliphatic rings. The molecule has 21 heavy (non-hydrogen) atoms. The molecule has 0 aromatic heterocycles. The van der Waals surface area contributed by atoms with Crippen LogP contribution in [0.15, 0.2) is 30.3 Å². The quantitative estimate of drug-likeness (QED) is 0.819. The predicted octanol–water partition coefficient (Wildman–Crippen LogP) is 2.47. The summed E-state index contributed by atoms with van der Waals surface area (Å²) < 4.78 is 5.17. The van der Waals surface area contributed by atoms with Crippen molar-refractivity contribution in [2.45, 2.75) is 31.7 Å². The standard InChI is InChI=1S/C17H23NO3/c1-21-16-8-2-5-14(13-16)9-10-17(20)18-11-3-6-15(18)7-4-12-19/h2,5,8-10,13,15,19H,3-4,6-7,11-12H2,1H3. The Bertz CT molecular complexity index is 499. The maximum absolute atomic E-state index is 12.3. The Hall–Kier alpha value is -1.81. The highest BCUT2D eigenvalue weighted by molar-refractivity contribution is 5.92. The Morgan fingerprint density at radius 2 is 2.38 bits per heavy atom. The van der Waals surface area contributed by atoms with Crippen molar-refractivity contribution in [2.75, 3.05) is 20.3 Å². The monoisotopic (exact) mass is 289 g/mol. The number of benzene rings is 1. The van der Waals surface area contributed by atoms with Crippen LogP contribution in [0.25, 0.3) is 6.08 Å². The first-order valence-corrected chi connectivity index (χ1v) is 7.48. The fraction of sp³-hybridized carbons (Fsp3) is 0.471. The number of ether oxygens (including phenoxy) is 1. The third-order valence-electron chi connectivity index (χ3n) is 3.87. The van der Waals surface area contributed by atoms with Crippen LogP contribution in [0, 0.1) is 0 Å². The number of hydrogen-bond donors (Lipinski definition) is 1. The van der Waals surface area contributed by atoms with Crippen molar-refractivity contribution in [3.8, 4) is 5.75 Å². The molecule has 1 N–H and O–H groups in total. The van der Waals surface area contributed by atoms with Crippen molar-refractivity contribution in [1.82, 2.24) is 4.90 Å². The first-order chi connectivity index (χ1) is 10.2. The number of aliphatic hydroxyl groups is 1. The summed E-state index contributed by atoms with van der Waals surface area (Å²) in [6.45, 7) is 1.01. The number of aliphatic hydroxyl groups excluding tert-OH is 1. The van der Waals surface area contributed by atoms with Gasteiger partial charge in [-0.05, 0) is 49.5 Å². The van der Waals surface area contributed by atoms with Gasteiger partial charge in [0.25, 0.3) is 0 Å². The SMILES string of the molecule is COc1cccc(C=CC(=O)N2CCCC2CCCO)c1. The molecule has 1 unspecified atom stereocenters. The topological polar surface area (TPSA) is 49.8 Å². The van der Waals surface area contributed by atoms with E-state index in [0.717, 1.165) is 43.5 Å². The number of hydrogen-bond acceptors (Lipinski definition) is 3. The van der Waals surface area contributed by atoms with Gasteiger partial charge in [-0.25, -0.2) is 0 Å². The lowest BCUT2D eigenvalue weighted by Gasteiger charge is -2.23. The molecule has 0 aliphatic carbocycles. The van der Waals surface area contributed by atoms with Gasteiger partial charge in [-0.15, -0.1) is 0 Å². The van der Waals surface area contributed by atoms with Gasteiger partial charge >= 0.3 is 0 Å². The van der Waals surface area contributed by atoms with Gasteiger partial charge in [-0.3, -0.25) is 4.79 Å². The van der Waals surface area contributed by atoms with E-state index in [-0.39, 0.29) is 18.6 Å². The van der Waals surface area contributed by atoms with E-state index in [9.17, 15) is 4.79 Å². The number of amides is 1. The molecule has 0 bridgehead atoms. The van der Waals surface area contributed by atoms with Gasteiger partial charge in [-0.2, -0.15) is 0 Å². The van der Waals surface area contributed by atoms with E-state index in [1.54, 1.807) is 13.2 Å². The normalized spacial score (nSPS) is 18.4. The molecule has 2 rings (SSSR count). The second-order valence-corrected chi connectivity index (χ2v) is 5.30. The van der Waals surface area contributed by atoms with Crippen LogP contribution in [0.3, 0.4) is 0 Å². The van der Waals surface area contributed by atoms with Crippen molar-refractivity contribution >= 4 is 12.0 Å². The van der Waals surface area contributed by atoms with Crippen molar-refractivity contribution < 1.29 is 14.6 Å². The number of carbonyl (C=O) groups is 1. The average molecular weight is 289 g/mol. The lowest BCUT2D eigenvalue weighted by molar-refractivity contribution is -0.126. The minimum absolute atomic E-state index is 0.0539. The van der Waals surface area contributed by atoms with Crippen molar-refractivity contribution in [2.24, 2.45) is 0 Å². The smallest absolute Gasteiger partial charge is 0.246 e. The van der Waals surface area contributed by atoms with Crippen LogP contribution in [0.2, 0.25) is 0 Å². The maximum Gasteiger partial charge on any atom is 0.246 e. The zero-order valence-corrected chi connectivity index (χ0v) is 12.5. The highest BCUT2D eigenvalue weighted by Crippen LogP contribution is 2.22. The van der Waals surface area contributed by atoms with Crippen LogP contribution in [-0.4, -0.2) is 42.2 Å². The summed E-state index contributed by atoms with van der Waals surface area (Å²) >= 11 is 0. The summed E-state index contributed by atoms with van der Waals surface area (Å²) in [5.74, 6) is 0.838. The molecule has 1 aliphatic heterocycles. The molecule has 114 valence electrons. The first-order valence-electron chi connectivity index (χ1n) is 7.48. The van der Waals surface area contributed by atoms with E-state index in [1.165, 1.54) is 0 Å². The minimum atomic E-state index is 0.0539. The molecular formula is C17H23NO3. The molecule has 0 saturated carbocycles. The van der Waals surface area contributed by atoms with Crippen LogP contribution in [0.5, 0.6) is 5.75 Å². The van der Waals surface area contributed by atoms with Crippen molar-refractivity contribution in [3.63, 3.8) is 0 Å². The lowest BCUT2D eigenvalue weighted by atomic mass is 10.1. The van der Waals surface area contributed by atoms with E-state index in [0.29, 0.717) is 0 Å². The number of rotatable bonds is 6. The molecule has 0 spiro atoms. The summed E-state index contributed by atoms with van der Waals surface area (Å²) in [5.41, 5.74) is 0.953. The van der Waals surface area contributed by atoms with Gasteiger partial charge in [0.05, 0.1) is 7.11 Å². The van der Waals surface area contributed by atoms with Crippen LogP contribution in [0.4, 0.5) is 0 Å². The molecule has 4 nitrogen and oxygen atoms in total. The van der Waals surface area contributed by atoms with E-state index >= 15 is 0 Å². The molecule has 1 heterocycles. The Kier molecular flexibility index (Phi) is 5.81. The van der Waals surface area contributed by atoms with Gasteiger partial charge in [0.2, 0.25) is 5.91 Å². The van der Waals surface area contributed by atoms with Crippen molar-refractivity contribution in [3.05, 3.63) is 35.9 Å². The summed E-state index contributed by atoms with van der Waals surface area (Å²) in [6, 6.07) is 7.91. The van der Waals surface area contributed by atoms with Gasteiger partial charge in [0, 0.05) is 25.3 Å². The second-order valence-electron chi connectivity index (χ2n) is 5.30. The molecule has 1 aromatic rings. The van der Waals surface area contributed by atoms with E-state index in [4.69, 9.17) is 9.84 Å². The number of methoxy groups -OCH3 is 1. The predicted molar refractivity (Wildman–Crippen MR) is 83.1 cm³/mol. The molecule has 4 heteroatoms. The summed E-state index contributed by atoms with van der Waals surface area (Å²) in [6.07, 6.45) is 7.19. The number of carbonyl (C=O) groups excluding carboxylic acids is 1. The maximum atomic E-state index is 12.3. The van der Waals surface area contributed by atoms with Gasteiger partial charge in [-0.1, -0.05) is 12.1 Å². The van der Waals surface area contributed by atoms with Gasteiger partial charge < -0.3 is 14.7 Å². The Labute approximate surface area is 126 Å². The zero-order chi connectivity index (χ0) is 15.1. The average Bonchev–Trinajstić information content (AvgIpc) is 2.99. The molecule has 1 amide bonds. The molecule has 1 aromatic carbocycles. The Morgan fingerprint density at radius 1 is 1.52 bits per heavy atom.